The van der Waals surface area contributed by atoms with E-state index in [9.17, 15) is 10.1 Å². The Morgan fingerprint density at radius 2 is 2.05 bits per heavy atom. The smallest absolute Gasteiger partial charge is 0.292 e. The van der Waals surface area contributed by atoms with Gasteiger partial charge in [-0.25, -0.2) is 0 Å². The Morgan fingerprint density at radius 3 is 2.62 bits per heavy atom. The second-order valence-electron chi connectivity index (χ2n) is 5.79. The molecule has 0 spiro atoms. The number of anilines is 1. The van der Waals surface area contributed by atoms with Crippen LogP contribution in [0.3, 0.4) is 0 Å². The summed E-state index contributed by atoms with van der Waals surface area (Å²) in [5.74, 6) is 0.579. The topological polar surface area (TPSA) is 64.4 Å². The average Bonchev–Trinajstić information content (AvgIpc) is 2.42. The Kier molecular flexibility index (Phi) is 7.15. The van der Waals surface area contributed by atoms with Crippen molar-refractivity contribution in [2.24, 2.45) is 5.92 Å². The van der Waals surface area contributed by atoms with E-state index in [1.165, 1.54) is 0 Å². The van der Waals surface area contributed by atoms with Gasteiger partial charge in [0.2, 0.25) is 0 Å². The largest absolute Gasteiger partial charge is 0.380 e. The molecule has 0 heterocycles. The third-order valence-electron chi connectivity index (χ3n) is 3.16. The monoisotopic (exact) mass is 294 g/mol. The fraction of sp³-hybridized carbons (Fsp3) is 0.625. The van der Waals surface area contributed by atoms with Crippen LogP contribution in [0.25, 0.3) is 0 Å². The van der Waals surface area contributed by atoms with Crippen molar-refractivity contribution in [2.75, 3.05) is 11.9 Å². The van der Waals surface area contributed by atoms with Gasteiger partial charge in [-0.15, -0.1) is 0 Å². The zero-order valence-electron chi connectivity index (χ0n) is 13.4. The van der Waals surface area contributed by atoms with E-state index in [-0.39, 0.29) is 16.7 Å². The molecule has 0 saturated heterocycles. The lowest BCUT2D eigenvalue weighted by atomic mass is 10.1. The predicted molar refractivity (Wildman–Crippen MR) is 85.6 cm³/mol. The summed E-state index contributed by atoms with van der Waals surface area (Å²) >= 11 is 0. The highest BCUT2D eigenvalue weighted by Gasteiger charge is 2.15. The number of ether oxygens (including phenoxy) is 1. The molecule has 0 radical (unpaired) electrons. The van der Waals surface area contributed by atoms with E-state index in [4.69, 9.17) is 4.74 Å². The molecule has 0 aliphatic heterocycles. The Morgan fingerprint density at radius 1 is 1.33 bits per heavy atom. The summed E-state index contributed by atoms with van der Waals surface area (Å²) in [6.45, 7) is 9.49. The minimum absolute atomic E-state index is 0.112. The lowest BCUT2D eigenvalue weighted by Gasteiger charge is -2.15. The number of rotatable bonds is 9. The Balaban J connectivity index is 2.71. The number of nitro groups is 1. The first-order valence-corrected chi connectivity index (χ1v) is 7.56. The maximum absolute atomic E-state index is 11.1. The quantitative estimate of drug-likeness (QED) is 0.542. The average molecular weight is 294 g/mol. The minimum Gasteiger partial charge on any atom is -0.380 e. The van der Waals surface area contributed by atoms with Crippen LogP contribution in [-0.2, 0) is 11.3 Å². The number of nitrogens with zero attached hydrogens (tertiary/aromatic N) is 1. The second kappa shape index (κ2) is 8.62. The summed E-state index contributed by atoms with van der Waals surface area (Å²) in [5, 5.41) is 14.2. The highest BCUT2D eigenvalue weighted by atomic mass is 16.6. The molecule has 21 heavy (non-hydrogen) atoms. The summed E-state index contributed by atoms with van der Waals surface area (Å²) in [6.07, 6.45) is 2.06. The van der Waals surface area contributed by atoms with Crippen LogP contribution < -0.4 is 5.32 Å². The summed E-state index contributed by atoms with van der Waals surface area (Å²) < 4.78 is 5.75. The first-order valence-electron chi connectivity index (χ1n) is 7.56. The Labute approximate surface area is 126 Å². The summed E-state index contributed by atoms with van der Waals surface area (Å²) in [7, 11) is 0. The molecule has 5 heteroatoms. The number of nitrogens with one attached hydrogen (secondary N) is 1. The van der Waals surface area contributed by atoms with Gasteiger partial charge in [-0.05, 0) is 37.3 Å². The van der Waals surface area contributed by atoms with Crippen LogP contribution in [0, 0.1) is 16.0 Å². The minimum atomic E-state index is -0.348. The van der Waals surface area contributed by atoms with E-state index in [0.717, 1.165) is 24.9 Å². The van der Waals surface area contributed by atoms with E-state index < -0.39 is 0 Å². The number of hydrogen-bond donors (Lipinski definition) is 1. The zero-order valence-corrected chi connectivity index (χ0v) is 13.4. The molecule has 1 unspecified atom stereocenters. The first kappa shape index (κ1) is 17.4. The third kappa shape index (κ3) is 6.12. The van der Waals surface area contributed by atoms with E-state index in [2.05, 4.69) is 19.2 Å². The van der Waals surface area contributed by atoms with E-state index in [0.29, 0.717) is 18.2 Å². The van der Waals surface area contributed by atoms with Crippen molar-refractivity contribution in [3.8, 4) is 0 Å². The van der Waals surface area contributed by atoms with Gasteiger partial charge in [0, 0.05) is 12.6 Å². The Hall–Kier alpha value is -1.62. The van der Waals surface area contributed by atoms with Crippen molar-refractivity contribution in [1.29, 1.82) is 0 Å². The second-order valence-corrected chi connectivity index (χ2v) is 5.79. The molecule has 1 rings (SSSR count). The van der Waals surface area contributed by atoms with Gasteiger partial charge < -0.3 is 10.1 Å². The van der Waals surface area contributed by atoms with Gasteiger partial charge in [0.25, 0.3) is 5.69 Å². The molecular weight excluding hydrogens is 268 g/mol. The SMILES string of the molecule is CCCNc1ccc(COC(C)CC(C)C)cc1[N+](=O)[O-]. The van der Waals surface area contributed by atoms with Crippen LogP contribution in [0.2, 0.25) is 0 Å². The number of benzene rings is 1. The molecule has 118 valence electrons. The molecule has 0 amide bonds. The molecule has 1 atom stereocenters. The van der Waals surface area contributed by atoms with Gasteiger partial charge in [0.1, 0.15) is 5.69 Å². The summed E-state index contributed by atoms with van der Waals surface area (Å²) in [6, 6.07) is 5.24. The zero-order chi connectivity index (χ0) is 15.8. The maximum atomic E-state index is 11.1. The summed E-state index contributed by atoms with van der Waals surface area (Å²) in [5.41, 5.74) is 1.52. The van der Waals surface area contributed by atoms with Crippen LogP contribution in [-0.4, -0.2) is 17.6 Å². The van der Waals surface area contributed by atoms with Crippen LogP contribution in [0.15, 0.2) is 18.2 Å². The molecule has 0 aliphatic rings. The standard InChI is InChI=1S/C16H26N2O3/c1-5-8-17-15-7-6-14(10-16(15)18(19)20)11-21-13(4)9-12(2)3/h6-7,10,12-13,17H,5,8-9,11H2,1-4H3. The van der Waals surface area contributed by atoms with Gasteiger partial charge in [-0.2, -0.15) is 0 Å². The maximum Gasteiger partial charge on any atom is 0.292 e. The molecule has 1 N–H and O–H groups in total. The lowest BCUT2D eigenvalue weighted by Crippen LogP contribution is -2.11. The van der Waals surface area contributed by atoms with Crippen LogP contribution in [0.1, 0.15) is 46.1 Å². The highest BCUT2D eigenvalue weighted by molar-refractivity contribution is 5.62. The molecule has 0 bridgehead atoms. The number of nitro benzene ring substituents is 1. The van der Waals surface area contributed by atoms with Crippen molar-refractivity contribution in [3.63, 3.8) is 0 Å². The van der Waals surface area contributed by atoms with Crippen molar-refractivity contribution >= 4 is 11.4 Å². The molecule has 0 fully saturated rings. The van der Waals surface area contributed by atoms with Gasteiger partial charge >= 0.3 is 0 Å². The van der Waals surface area contributed by atoms with Gasteiger partial charge in [-0.3, -0.25) is 10.1 Å². The fourth-order valence-electron chi connectivity index (χ4n) is 2.20. The van der Waals surface area contributed by atoms with Gasteiger partial charge in [0.15, 0.2) is 0 Å². The molecule has 0 saturated carbocycles. The molecule has 1 aromatic rings. The van der Waals surface area contributed by atoms with Crippen LogP contribution >= 0.6 is 0 Å². The first-order chi connectivity index (χ1) is 9.93. The van der Waals surface area contributed by atoms with Crippen LogP contribution in [0.5, 0.6) is 0 Å². The normalized spacial score (nSPS) is 12.4. The van der Waals surface area contributed by atoms with Crippen molar-refractivity contribution in [1.82, 2.24) is 0 Å². The molecule has 0 aliphatic carbocycles. The van der Waals surface area contributed by atoms with E-state index >= 15 is 0 Å². The van der Waals surface area contributed by atoms with Crippen LogP contribution in [0.4, 0.5) is 11.4 Å². The van der Waals surface area contributed by atoms with E-state index in [1.807, 2.05) is 19.9 Å². The third-order valence-corrected chi connectivity index (χ3v) is 3.16. The molecule has 5 nitrogen and oxygen atoms in total. The summed E-state index contributed by atoms with van der Waals surface area (Å²) in [4.78, 5) is 10.8. The van der Waals surface area contributed by atoms with Gasteiger partial charge in [0.05, 0.1) is 17.6 Å². The molecule has 1 aromatic carbocycles. The van der Waals surface area contributed by atoms with Crippen molar-refractivity contribution in [2.45, 2.75) is 53.2 Å². The fourth-order valence-corrected chi connectivity index (χ4v) is 2.20. The van der Waals surface area contributed by atoms with Crippen molar-refractivity contribution in [3.05, 3.63) is 33.9 Å². The lowest BCUT2D eigenvalue weighted by molar-refractivity contribution is -0.384. The number of hydrogen-bond acceptors (Lipinski definition) is 4. The van der Waals surface area contributed by atoms with Gasteiger partial charge in [-0.1, -0.05) is 26.8 Å². The predicted octanol–water partition coefficient (Wildman–Crippen LogP) is 4.37. The van der Waals surface area contributed by atoms with E-state index in [1.54, 1.807) is 12.1 Å². The highest BCUT2D eigenvalue weighted by Crippen LogP contribution is 2.26. The molecular formula is C16H26N2O3. The van der Waals surface area contributed by atoms with Crippen molar-refractivity contribution < 1.29 is 9.66 Å². The molecule has 0 aromatic heterocycles. The Bertz CT molecular complexity index is 461.